The molecule has 1 amide bonds. The summed E-state index contributed by atoms with van der Waals surface area (Å²) in [5.41, 5.74) is 2.50. The Labute approximate surface area is 139 Å². The Morgan fingerprint density at radius 2 is 2.17 bits per heavy atom. The summed E-state index contributed by atoms with van der Waals surface area (Å²) in [4.78, 5) is 23.7. The van der Waals surface area contributed by atoms with Crippen LogP contribution in [0.4, 0.5) is 0 Å². The quantitative estimate of drug-likeness (QED) is 0.848. The molecule has 1 aliphatic heterocycles. The van der Waals surface area contributed by atoms with Gasteiger partial charge >= 0.3 is 0 Å². The van der Waals surface area contributed by atoms with Crippen LogP contribution in [0.1, 0.15) is 57.8 Å². The molecule has 0 aliphatic carbocycles. The summed E-state index contributed by atoms with van der Waals surface area (Å²) in [5.74, 6) is -0.0739. The van der Waals surface area contributed by atoms with Gasteiger partial charge < -0.3 is 4.90 Å². The molecule has 0 N–H and O–H groups in total. The van der Waals surface area contributed by atoms with Gasteiger partial charge in [-0.2, -0.15) is 5.26 Å². The van der Waals surface area contributed by atoms with Gasteiger partial charge in [0.1, 0.15) is 16.8 Å². The fourth-order valence-corrected chi connectivity index (χ4v) is 3.84. The Morgan fingerprint density at radius 1 is 1.35 bits per heavy atom. The van der Waals surface area contributed by atoms with Crippen LogP contribution in [0.25, 0.3) is 0 Å². The molecule has 1 saturated heterocycles. The molecule has 3 rings (SSSR count). The first-order valence-electron chi connectivity index (χ1n) is 7.71. The van der Waals surface area contributed by atoms with Crippen molar-refractivity contribution in [1.82, 2.24) is 14.9 Å². The van der Waals surface area contributed by atoms with Crippen LogP contribution >= 0.6 is 11.3 Å². The zero-order chi connectivity index (χ0) is 16.4. The van der Waals surface area contributed by atoms with Crippen molar-refractivity contribution in [3.63, 3.8) is 0 Å². The minimum Gasteiger partial charge on any atom is -0.328 e. The van der Waals surface area contributed by atoms with Gasteiger partial charge in [-0.1, -0.05) is 0 Å². The van der Waals surface area contributed by atoms with E-state index in [1.807, 2.05) is 17.2 Å². The Kier molecular flexibility index (Phi) is 4.39. The van der Waals surface area contributed by atoms with Crippen molar-refractivity contribution >= 4 is 17.2 Å². The molecule has 2 aromatic heterocycles. The van der Waals surface area contributed by atoms with E-state index < -0.39 is 0 Å². The van der Waals surface area contributed by atoms with E-state index in [0.717, 1.165) is 36.5 Å². The third-order valence-corrected chi connectivity index (χ3v) is 5.17. The van der Waals surface area contributed by atoms with Crippen molar-refractivity contribution in [2.45, 2.75) is 39.2 Å². The van der Waals surface area contributed by atoms with Crippen molar-refractivity contribution in [2.24, 2.45) is 0 Å². The first-order chi connectivity index (χ1) is 11.1. The van der Waals surface area contributed by atoms with E-state index in [1.54, 1.807) is 30.4 Å². The fraction of sp³-hybridized carbons (Fsp3) is 0.412. The summed E-state index contributed by atoms with van der Waals surface area (Å²) in [7, 11) is 0. The van der Waals surface area contributed by atoms with Crippen molar-refractivity contribution in [3.8, 4) is 6.07 Å². The molecule has 6 heteroatoms. The zero-order valence-electron chi connectivity index (χ0n) is 13.2. The Bertz CT molecular complexity index is 777. The largest absolute Gasteiger partial charge is 0.328 e. The number of piperidine rings is 1. The molecule has 1 aliphatic rings. The SMILES string of the molecule is Cc1csc(C2CCCCN2C(=O)c2ccc(C#N)c(C)n2)n1. The number of pyridine rings is 1. The maximum Gasteiger partial charge on any atom is 0.273 e. The van der Waals surface area contributed by atoms with Crippen LogP contribution in [0.2, 0.25) is 0 Å². The number of thiazole rings is 1. The molecule has 0 bridgehead atoms. The van der Waals surface area contributed by atoms with E-state index in [0.29, 0.717) is 17.0 Å². The van der Waals surface area contributed by atoms with Crippen LogP contribution in [-0.2, 0) is 0 Å². The van der Waals surface area contributed by atoms with Gasteiger partial charge in [-0.3, -0.25) is 4.79 Å². The summed E-state index contributed by atoms with van der Waals surface area (Å²) in [6.45, 7) is 4.45. The van der Waals surface area contributed by atoms with Crippen LogP contribution in [0, 0.1) is 25.2 Å². The molecular weight excluding hydrogens is 308 g/mol. The predicted molar refractivity (Wildman–Crippen MR) is 88.2 cm³/mol. The van der Waals surface area contributed by atoms with Crippen molar-refractivity contribution in [1.29, 1.82) is 5.26 Å². The molecular formula is C17H18N4OS. The minimum absolute atomic E-state index is 0.0349. The van der Waals surface area contributed by atoms with Crippen LogP contribution in [-0.4, -0.2) is 27.3 Å². The van der Waals surface area contributed by atoms with Crippen LogP contribution in [0.3, 0.4) is 0 Å². The Balaban J connectivity index is 1.90. The van der Waals surface area contributed by atoms with E-state index in [-0.39, 0.29) is 11.9 Å². The number of aryl methyl sites for hydroxylation is 2. The number of nitrogens with zero attached hydrogens (tertiary/aromatic N) is 4. The van der Waals surface area contributed by atoms with E-state index in [1.165, 1.54) is 0 Å². The standard InChI is InChI=1S/C17H18N4OS/c1-11-10-23-16(19-11)15-5-3-4-8-21(15)17(22)14-7-6-13(9-18)12(2)20-14/h6-7,10,15H,3-5,8H2,1-2H3. The fourth-order valence-electron chi connectivity index (χ4n) is 2.90. The van der Waals surface area contributed by atoms with Gasteiger partial charge in [0.05, 0.1) is 17.3 Å². The number of carbonyl (C=O) groups excluding carboxylic acids is 1. The average Bonchev–Trinajstić information content (AvgIpc) is 3.00. The molecule has 2 aromatic rings. The Hall–Kier alpha value is -2.26. The lowest BCUT2D eigenvalue weighted by Crippen LogP contribution is -2.39. The smallest absolute Gasteiger partial charge is 0.273 e. The van der Waals surface area contributed by atoms with Gasteiger partial charge in [0.15, 0.2) is 0 Å². The lowest BCUT2D eigenvalue weighted by Gasteiger charge is -2.34. The highest BCUT2D eigenvalue weighted by Crippen LogP contribution is 2.33. The molecule has 1 fully saturated rings. The molecule has 1 unspecified atom stereocenters. The topological polar surface area (TPSA) is 69.9 Å². The summed E-state index contributed by atoms with van der Waals surface area (Å²) >= 11 is 1.61. The van der Waals surface area contributed by atoms with Gasteiger partial charge in [-0.25, -0.2) is 9.97 Å². The van der Waals surface area contributed by atoms with E-state index in [9.17, 15) is 4.79 Å². The van der Waals surface area contributed by atoms with Gasteiger partial charge in [0.25, 0.3) is 5.91 Å². The zero-order valence-corrected chi connectivity index (χ0v) is 14.1. The van der Waals surface area contributed by atoms with Gasteiger partial charge in [-0.15, -0.1) is 11.3 Å². The van der Waals surface area contributed by atoms with Crippen molar-refractivity contribution in [2.75, 3.05) is 6.54 Å². The molecule has 0 radical (unpaired) electrons. The van der Waals surface area contributed by atoms with E-state index >= 15 is 0 Å². The molecule has 5 nitrogen and oxygen atoms in total. The van der Waals surface area contributed by atoms with Gasteiger partial charge in [-0.05, 0) is 45.2 Å². The molecule has 3 heterocycles. The van der Waals surface area contributed by atoms with Gasteiger partial charge in [0.2, 0.25) is 0 Å². The minimum atomic E-state index is -0.0739. The Morgan fingerprint density at radius 3 is 2.83 bits per heavy atom. The first-order valence-corrected chi connectivity index (χ1v) is 8.59. The first kappa shape index (κ1) is 15.6. The number of carbonyl (C=O) groups is 1. The average molecular weight is 326 g/mol. The molecule has 23 heavy (non-hydrogen) atoms. The number of likely N-dealkylation sites (tertiary alicyclic amines) is 1. The monoisotopic (exact) mass is 326 g/mol. The number of rotatable bonds is 2. The number of amides is 1. The summed E-state index contributed by atoms with van der Waals surface area (Å²) in [5, 5.41) is 12.0. The second-order valence-corrected chi connectivity index (χ2v) is 6.67. The van der Waals surface area contributed by atoms with Crippen molar-refractivity contribution < 1.29 is 4.79 Å². The summed E-state index contributed by atoms with van der Waals surface area (Å²) < 4.78 is 0. The number of hydrogen-bond donors (Lipinski definition) is 0. The van der Waals surface area contributed by atoms with Crippen LogP contribution in [0.15, 0.2) is 17.5 Å². The molecule has 0 saturated carbocycles. The maximum absolute atomic E-state index is 12.9. The number of nitriles is 1. The maximum atomic E-state index is 12.9. The van der Waals surface area contributed by atoms with Crippen LogP contribution < -0.4 is 0 Å². The van der Waals surface area contributed by atoms with E-state index in [4.69, 9.17) is 5.26 Å². The van der Waals surface area contributed by atoms with Gasteiger partial charge in [0, 0.05) is 17.6 Å². The number of aromatic nitrogens is 2. The second kappa shape index (κ2) is 6.47. The lowest BCUT2D eigenvalue weighted by atomic mass is 10.0. The second-order valence-electron chi connectivity index (χ2n) is 5.78. The van der Waals surface area contributed by atoms with Crippen molar-refractivity contribution in [3.05, 3.63) is 45.2 Å². The summed E-state index contributed by atoms with van der Waals surface area (Å²) in [6, 6.07) is 5.43. The molecule has 118 valence electrons. The molecule has 0 aromatic carbocycles. The summed E-state index contributed by atoms with van der Waals surface area (Å²) in [6.07, 6.45) is 3.04. The highest BCUT2D eigenvalue weighted by atomic mass is 32.1. The number of hydrogen-bond acceptors (Lipinski definition) is 5. The predicted octanol–water partition coefficient (Wildman–Crippen LogP) is 3.39. The lowest BCUT2D eigenvalue weighted by molar-refractivity contribution is 0.0604. The van der Waals surface area contributed by atoms with E-state index in [2.05, 4.69) is 16.0 Å². The normalized spacial score (nSPS) is 17.8. The van der Waals surface area contributed by atoms with Crippen LogP contribution in [0.5, 0.6) is 0 Å². The molecule has 1 atom stereocenters. The highest BCUT2D eigenvalue weighted by Gasteiger charge is 2.31. The molecule has 0 spiro atoms. The third kappa shape index (κ3) is 3.10. The highest BCUT2D eigenvalue weighted by molar-refractivity contribution is 7.09. The third-order valence-electron chi connectivity index (χ3n) is 4.11.